The second kappa shape index (κ2) is 8.66. The van der Waals surface area contributed by atoms with Crippen molar-refractivity contribution in [2.24, 2.45) is 17.8 Å². The van der Waals surface area contributed by atoms with Gasteiger partial charge in [0, 0.05) is 12.2 Å². The van der Waals surface area contributed by atoms with Gasteiger partial charge >= 0.3 is 9.28 Å². The lowest BCUT2D eigenvalue weighted by atomic mass is 9.81. The van der Waals surface area contributed by atoms with E-state index in [0.717, 1.165) is 12.5 Å². The third-order valence-corrected chi connectivity index (χ3v) is 6.63. The summed E-state index contributed by atoms with van der Waals surface area (Å²) in [5, 5.41) is 0. The molecule has 0 amide bonds. The van der Waals surface area contributed by atoms with Crippen molar-refractivity contribution < 1.29 is 8.85 Å². The zero-order valence-electron chi connectivity index (χ0n) is 14.3. The highest BCUT2D eigenvalue weighted by atomic mass is 28.3. The Morgan fingerprint density at radius 2 is 1.18 bits per heavy atom. The van der Waals surface area contributed by atoms with E-state index in [0.29, 0.717) is 17.8 Å². The molecule has 2 nitrogen and oxygen atoms in total. The second-order valence-electron chi connectivity index (χ2n) is 6.73. The Kier molecular flexibility index (Phi) is 6.87. The molecule has 0 saturated heterocycles. The van der Waals surface area contributed by atoms with Crippen molar-refractivity contribution in [3.8, 4) is 0 Å². The molecule has 0 fully saturated rings. The molecule has 0 radical (unpaired) electrons. The van der Waals surface area contributed by atoms with E-state index in [4.69, 9.17) is 8.85 Å². The molecule has 0 atom stereocenters. The first-order valence-electron chi connectivity index (χ1n) is 8.57. The van der Waals surface area contributed by atoms with E-state index >= 15 is 0 Å². The fourth-order valence-corrected chi connectivity index (χ4v) is 5.42. The standard InChI is InChI=1S/C19H30O2Si/c1-15(2)20-22(21-16(3)4)14-13-19(17-9-5-6-10-17)18-11-7-8-12-18/h5-12,15-19,22H,13-14H2,1-4H3. The largest absolute Gasteiger partial charge is 0.394 e. The van der Waals surface area contributed by atoms with Gasteiger partial charge in [-0.3, -0.25) is 0 Å². The van der Waals surface area contributed by atoms with E-state index in [1.165, 1.54) is 0 Å². The Morgan fingerprint density at radius 3 is 1.55 bits per heavy atom. The van der Waals surface area contributed by atoms with Crippen molar-refractivity contribution in [3.63, 3.8) is 0 Å². The van der Waals surface area contributed by atoms with Gasteiger partial charge in [0.15, 0.2) is 0 Å². The van der Waals surface area contributed by atoms with Gasteiger partial charge in [-0.05, 0) is 57.9 Å². The Balaban J connectivity index is 1.96. The summed E-state index contributed by atoms with van der Waals surface area (Å²) in [5.41, 5.74) is 0. The lowest BCUT2D eigenvalue weighted by Gasteiger charge is -2.28. The van der Waals surface area contributed by atoms with E-state index in [2.05, 4.69) is 76.3 Å². The van der Waals surface area contributed by atoms with E-state index in [9.17, 15) is 0 Å². The summed E-state index contributed by atoms with van der Waals surface area (Å²) in [5.74, 6) is 1.71. The molecule has 0 saturated carbocycles. The molecular formula is C19H30O2Si. The van der Waals surface area contributed by atoms with Crippen LogP contribution in [-0.4, -0.2) is 21.5 Å². The van der Waals surface area contributed by atoms with Crippen molar-refractivity contribution in [1.82, 2.24) is 0 Å². The third kappa shape index (κ3) is 5.38. The van der Waals surface area contributed by atoms with Crippen LogP contribution in [0.4, 0.5) is 0 Å². The van der Waals surface area contributed by atoms with Crippen LogP contribution in [0.15, 0.2) is 48.6 Å². The summed E-state index contributed by atoms with van der Waals surface area (Å²) in [6.07, 6.45) is 19.7. The average Bonchev–Trinajstić information content (AvgIpc) is 3.10. The summed E-state index contributed by atoms with van der Waals surface area (Å²) in [7, 11) is -1.59. The van der Waals surface area contributed by atoms with Gasteiger partial charge < -0.3 is 8.85 Å². The quantitative estimate of drug-likeness (QED) is 0.581. The molecule has 0 aromatic rings. The summed E-state index contributed by atoms with van der Waals surface area (Å²) in [6.45, 7) is 8.41. The van der Waals surface area contributed by atoms with E-state index in [1.54, 1.807) is 0 Å². The molecule has 122 valence electrons. The highest BCUT2D eigenvalue weighted by Crippen LogP contribution is 2.34. The molecule has 0 N–H and O–H groups in total. The zero-order chi connectivity index (χ0) is 15.9. The van der Waals surface area contributed by atoms with E-state index in [1.807, 2.05) is 0 Å². The lowest BCUT2D eigenvalue weighted by molar-refractivity contribution is 0.127. The van der Waals surface area contributed by atoms with Crippen molar-refractivity contribution in [1.29, 1.82) is 0 Å². The molecule has 2 rings (SSSR count). The summed E-state index contributed by atoms with van der Waals surface area (Å²) >= 11 is 0. The predicted octanol–water partition coefficient (Wildman–Crippen LogP) is 4.55. The smallest absolute Gasteiger partial charge is 0.321 e. The fourth-order valence-electron chi connectivity index (χ4n) is 3.21. The minimum Gasteiger partial charge on any atom is -0.394 e. The molecule has 22 heavy (non-hydrogen) atoms. The zero-order valence-corrected chi connectivity index (χ0v) is 15.5. The van der Waals surface area contributed by atoms with Gasteiger partial charge in [0.05, 0.1) is 0 Å². The van der Waals surface area contributed by atoms with Gasteiger partial charge in [-0.15, -0.1) is 0 Å². The maximum absolute atomic E-state index is 6.08. The highest BCUT2D eigenvalue weighted by Gasteiger charge is 2.28. The molecular weight excluding hydrogens is 288 g/mol. The predicted molar refractivity (Wildman–Crippen MR) is 96.0 cm³/mol. The first kappa shape index (κ1) is 17.5. The van der Waals surface area contributed by atoms with Crippen LogP contribution >= 0.6 is 0 Å². The number of rotatable bonds is 9. The minimum absolute atomic E-state index is 0.256. The topological polar surface area (TPSA) is 18.5 Å². The molecule has 0 spiro atoms. The maximum Gasteiger partial charge on any atom is 0.321 e. The van der Waals surface area contributed by atoms with Crippen LogP contribution in [-0.2, 0) is 8.85 Å². The maximum atomic E-state index is 6.08. The van der Waals surface area contributed by atoms with Gasteiger partial charge in [0.1, 0.15) is 0 Å². The molecule has 0 unspecified atom stereocenters. The Hall–Kier alpha value is -0.903. The molecule has 2 aliphatic carbocycles. The molecule has 0 aliphatic heterocycles. The average molecular weight is 319 g/mol. The first-order chi connectivity index (χ1) is 10.6. The Labute approximate surface area is 137 Å². The van der Waals surface area contributed by atoms with Crippen LogP contribution < -0.4 is 0 Å². The van der Waals surface area contributed by atoms with Crippen LogP contribution in [0.3, 0.4) is 0 Å². The van der Waals surface area contributed by atoms with Crippen LogP contribution in [0.25, 0.3) is 0 Å². The van der Waals surface area contributed by atoms with Crippen molar-refractivity contribution in [3.05, 3.63) is 48.6 Å². The van der Waals surface area contributed by atoms with E-state index in [-0.39, 0.29) is 12.2 Å². The van der Waals surface area contributed by atoms with Crippen LogP contribution in [0.2, 0.25) is 6.04 Å². The molecule has 0 heterocycles. The monoisotopic (exact) mass is 318 g/mol. The highest BCUT2D eigenvalue weighted by molar-refractivity contribution is 6.44. The van der Waals surface area contributed by atoms with Crippen LogP contribution in [0.1, 0.15) is 34.1 Å². The van der Waals surface area contributed by atoms with Crippen molar-refractivity contribution in [2.45, 2.75) is 52.4 Å². The third-order valence-electron chi connectivity index (χ3n) is 4.13. The van der Waals surface area contributed by atoms with Gasteiger partial charge in [-0.1, -0.05) is 48.6 Å². The minimum atomic E-state index is -1.59. The molecule has 0 aromatic heterocycles. The number of hydrogen-bond donors (Lipinski definition) is 0. The number of hydrogen-bond acceptors (Lipinski definition) is 2. The molecule has 0 bridgehead atoms. The SMILES string of the molecule is CC(C)O[SiH](CCC(C1C=CC=C1)C1C=CC=C1)OC(C)C. The Morgan fingerprint density at radius 1 is 0.773 bits per heavy atom. The first-order valence-corrected chi connectivity index (χ1v) is 10.3. The molecule has 3 heteroatoms. The summed E-state index contributed by atoms with van der Waals surface area (Å²) in [4.78, 5) is 0. The Bertz CT molecular complexity index is 386. The summed E-state index contributed by atoms with van der Waals surface area (Å²) in [6, 6.07) is 1.08. The van der Waals surface area contributed by atoms with Crippen LogP contribution in [0, 0.1) is 17.8 Å². The van der Waals surface area contributed by atoms with Gasteiger partial charge in [0.25, 0.3) is 0 Å². The fraction of sp³-hybridized carbons (Fsp3) is 0.579. The van der Waals surface area contributed by atoms with Gasteiger partial charge in [-0.2, -0.15) is 0 Å². The van der Waals surface area contributed by atoms with Gasteiger partial charge in [-0.25, -0.2) is 0 Å². The summed E-state index contributed by atoms with van der Waals surface area (Å²) < 4.78 is 12.2. The number of allylic oxidation sites excluding steroid dienone is 8. The second-order valence-corrected chi connectivity index (χ2v) is 8.72. The molecule has 2 aliphatic rings. The molecule has 0 aromatic carbocycles. The van der Waals surface area contributed by atoms with Gasteiger partial charge in [0.2, 0.25) is 0 Å². The normalized spacial score (nSPS) is 18.4. The van der Waals surface area contributed by atoms with E-state index < -0.39 is 9.28 Å². The van der Waals surface area contributed by atoms with Crippen molar-refractivity contribution in [2.75, 3.05) is 0 Å². The van der Waals surface area contributed by atoms with Crippen LogP contribution in [0.5, 0.6) is 0 Å². The lowest BCUT2D eigenvalue weighted by Crippen LogP contribution is -2.31. The van der Waals surface area contributed by atoms with Crippen molar-refractivity contribution >= 4 is 9.28 Å².